The number of ketones is 1. The Bertz CT molecular complexity index is 1130. The minimum absolute atomic E-state index is 0.0528. The average molecular weight is 393 g/mol. The van der Waals surface area contributed by atoms with E-state index in [0.717, 1.165) is 0 Å². The molecule has 2 aromatic carbocycles. The van der Waals surface area contributed by atoms with Crippen molar-refractivity contribution in [3.63, 3.8) is 0 Å². The Hall–Kier alpha value is -3.87. The number of esters is 1. The summed E-state index contributed by atoms with van der Waals surface area (Å²) in [5, 5.41) is 10.0. The van der Waals surface area contributed by atoms with Crippen molar-refractivity contribution in [2.75, 3.05) is 13.7 Å². The largest absolute Gasteiger partial charge is 0.507 e. The maximum Gasteiger partial charge on any atom is 0.343 e. The van der Waals surface area contributed by atoms with Crippen LogP contribution in [0, 0.1) is 0 Å². The van der Waals surface area contributed by atoms with Gasteiger partial charge in [-0.2, -0.15) is 0 Å². The van der Waals surface area contributed by atoms with Gasteiger partial charge < -0.3 is 14.6 Å². The summed E-state index contributed by atoms with van der Waals surface area (Å²) in [4.78, 5) is 38.2. The van der Waals surface area contributed by atoms with Crippen LogP contribution in [-0.2, 0) is 4.74 Å². The lowest BCUT2D eigenvalue weighted by Crippen LogP contribution is -2.27. The van der Waals surface area contributed by atoms with E-state index in [2.05, 4.69) is 0 Å². The zero-order valence-corrected chi connectivity index (χ0v) is 15.9. The van der Waals surface area contributed by atoms with Gasteiger partial charge in [0, 0.05) is 17.8 Å². The van der Waals surface area contributed by atoms with Crippen LogP contribution in [0.4, 0.5) is 0 Å². The SMILES string of the molecule is CCOC(=O)c1cc(C(=O)c2ccccc2O)cn(-c2cccc(OC)c2)c1=O. The van der Waals surface area contributed by atoms with E-state index in [-0.39, 0.29) is 29.0 Å². The molecule has 29 heavy (non-hydrogen) atoms. The predicted octanol–water partition coefficient (Wildman–Crippen LogP) is 2.96. The minimum atomic E-state index is -0.832. The molecule has 0 aliphatic heterocycles. The number of benzene rings is 2. The van der Waals surface area contributed by atoms with E-state index in [1.807, 2.05) is 0 Å². The molecule has 0 unspecified atom stereocenters. The standard InChI is InChI=1S/C22H19NO6/c1-3-29-22(27)18-11-14(20(25)17-9-4-5-10-19(17)24)13-23(21(18)26)15-7-6-8-16(12-15)28-2/h4-13,24H,3H2,1-2H3. The number of pyridine rings is 1. The van der Waals surface area contributed by atoms with Crippen LogP contribution in [0.3, 0.4) is 0 Å². The highest BCUT2D eigenvalue weighted by atomic mass is 16.5. The van der Waals surface area contributed by atoms with Gasteiger partial charge in [-0.3, -0.25) is 14.2 Å². The minimum Gasteiger partial charge on any atom is -0.507 e. The van der Waals surface area contributed by atoms with Crippen molar-refractivity contribution < 1.29 is 24.2 Å². The molecular weight excluding hydrogens is 374 g/mol. The van der Waals surface area contributed by atoms with E-state index >= 15 is 0 Å². The molecule has 148 valence electrons. The number of methoxy groups -OCH3 is 1. The molecule has 0 bridgehead atoms. The third-order valence-corrected chi connectivity index (χ3v) is 4.25. The third-order valence-electron chi connectivity index (χ3n) is 4.25. The number of para-hydroxylation sites is 1. The maximum atomic E-state index is 13.0. The monoisotopic (exact) mass is 393 g/mol. The Morgan fingerprint density at radius 1 is 1.03 bits per heavy atom. The Morgan fingerprint density at radius 2 is 1.79 bits per heavy atom. The Labute approximate surface area is 166 Å². The highest BCUT2D eigenvalue weighted by Crippen LogP contribution is 2.21. The van der Waals surface area contributed by atoms with Gasteiger partial charge in [-0.15, -0.1) is 0 Å². The Morgan fingerprint density at radius 3 is 2.48 bits per heavy atom. The van der Waals surface area contributed by atoms with Crippen molar-refractivity contribution in [3.8, 4) is 17.2 Å². The van der Waals surface area contributed by atoms with Gasteiger partial charge in [-0.1, -0.05) is 18.2 Å². The first kappa shape index (κ1) is 19.9. The zero-order chi connectivity index (χ0) is 21.0. The molecule has 1 heterocycles. The van der Waals surface area contributed by atoms with Gasteiger partial charge in [-0.05, 0) is 37.3 Å². The molecule has 0 aliphatic rings. The van der Waals surface area contributed by atoms with Crippen molar-refractivity contribution in [1.29, 1.82) is 0 Å². The number of carbonyl (C=O) groups is 2. The molecule has 1 aromatic heterocycles. The number of ether oxygens (including phenoxy) is 2. The van der Waals surface area contributed by atoms with Crippen molar-refractivity contribution >= 4 is 11.8 Å². The molecule has 0 radical (unpaired) electrons. The first-order chi connectivity index (χ1) is 14.0. The molecule has 0 atom stereocenters. The third kappa shape index (κ3) is 4.03. The normalized spacial score (nSPS) is 10.4. The first-order valence-electron chi connectivity index (χ1n) is 8.87. The van der Waals surface area contributed by atoms with Crippen LogP contribution < -0.4 is 10.3 Å². The van der Waals surface area contributed by atoms with Gasteiger partial charge in [0.05, 0.1) is 25.0 Å². The number of phenols is 1. The summed E-state index contributed by atoms with van der Waals surface area (Å²) in [5.41, 5.74) is -0.400. The van der Waals surface area contributed by atoms with Crippen molar-refractivity contribution in [2.24, 2.45) is 0 Å². The number of hydrogen-bond acceptors (Lipinski definition) is 6. The number of aromatic hydroxyl groups is 1. The number of carbonyl (C=O) groups excluding carboxylic acids is 2. The topological polar surface area (TPSA) is 94.8 Å². The van der Waals surface area contributed by atoms with Gasteiger partial charge in [-0.25, -0.2) is 4.79 Å². The van der Waals surface area contributed by atoms with Crippen molar-refractivity contribution in [1.82, 2.24) is 4.57 Å². The van der Waals surface area contributed by atoms with Gasteiger partial charge in [0.1, 0.15) is 17.1 Å². The number of phenolic OH excluding ortho intramolecular Hbond substituents is 1. The van der Waals surface area contributed by atoms with E-state index < -0.39 is 17.3 Å². The van der Waals surface area contributed by atoms with E-state index in [1.54, 1.807) is 43.3 Å². The fourth-order valence-corrected chi connectivity index (χ4v) is 2.83. The molecule has 3 rings (SSSR count). The quantitative estimate of drug-likeness (QED) is 0.511. The van der Waals surface area contributed by atoms with Crippen LogP contribution in [0.2, 0.25) is 0 Å². The van der Waals surface area contributed by atoms with Crippen LogP contribution in [0.15, 0.2) is 65.6 Å². The lowest BCUT2D eigenvalue weighted by molar-refractivity contribution is 0.0524. The van der Waals surface area contributed by atoms with Gasteiger partial charge in [0.15, 0.2) is 5.78 Å². The molecule has 0 saturated carbocycles. The van der Waals surface area contributed by atoms with Gasteiger partial charge in [0.2, 0.25) is 0 Å². The number of hydrogen-bond donors (Lipinski definition) is 1. The highest BCUT2D eigenvalue weighted by molar-refractivity contribution is 6.11. The summed E-state index contributed by atoms with van der Waals surface area (Å²) in [6, 6.07) is 13.9. The summed E-state index contributed by atoms with van der Waals surface area (Å²) in [6.45, 7) is 1.70. The molecule has 7 heteroatoms. The fourth-order valence-electron chi connectivity index (χ4n) is 2.83. The maximum absolute atomic E-state index is 13.0. The fraction of sp³-hybridized carbons (Fsp3) is 0.136. The van der Waals surface area contributed by atoms with E-state index in [1.165, 1.54) is 36.1 Å². The van der Waals surface area contributed by atoms with Crippen LogP contribution in [0.5, 0.6) is 11.5 Å². The summed E-state index contributed by atoms with van der Waals surface area (Å²) in [7, 11) is 1.49. The molecule has 0 amide bonds. The van der Waals surface area contributed by atoms with Crippen molar-refractivity contribution in [2.45, 2.75) is 6.92 Å². The molecule has 0 saturated heterocycles. The van der Waals surface area contributed by atoms with Gasteiger partial charge >= 0.3 is 5.97 Å². The van der Waals surface area contributed by atoms with Crippen LogP contribution in [0.25, 0.3) is 5.69 Å². The molecule has 1 N–H and O–H groups in total. The summed E-state index contributed by atoms with van der Waals surface area (Å²) in [5.74, 6) is -1.06. The van der Waals surface area contributed by atoms with Gasteiger partial charge in [0.25, 0.3) is 5.56 Å². The summed E-state index contributed by atoms with van der Waals surface area (Å²) in [6.07, 6.45) is 1.33. The van der Waals surface area contributed by atoms with Crippen LogP contribution in [-0.4, -0.2) is 35.1 Å². The van der Waals surface area contributed by atoms with E-state index in [4.69, 9.17) is 9.47 Å². The summed E-state index contributed by atoms with van der Waals surface area (Å²) >= 11 is 0. The Kier molecular flexibility index (Phi) is 5.78. The van der Waals surface area contributed by atoms with E-state index in [9.17, 15) is 19.5 Å². The smallest absolute Gasteiger partial charge is 0.343 e. The Balaban J connectivity index is 2.23. The lowest BCUT2D eigenvalue weighted by Gasteiger charge is -2.12. The second-order valence-electron chi connectivity index (χ2n) is 6.09. The second kappa shape index (κ2) is 8.43. The molecule has 0 spiro atoms. The molecule has 0 aliphatic carbocycles. The zero-order valence-electron chi connectivity index (χ0n) is 15.9. The number of rotatable bonds is 6. The summed E-state index contributed by atoms with van der Waals surface area (Å²) < 4.78 is 11.3. The van der Waals surface area contributed by atoms with E-state index in [0.29, 0.717) is 11.4 Å². The molecule has 3 aromatic rings. The number of aromatic nitrogens is 1. The second-order valence-corrected chi connectivity index (χ2v) is 6.09. The first-order valence-corrected chi connectivity index (χ1v) is 8.87. The molecular formula is C22H19NO6. The highest BCUT2D eigenvalue weighted by Gasteiger charge is 2.21. The number of nitrogens with zero attached hydrogens (tertiary/aromatic N) is 1. The molecule has 0 fully saturated rings. The predicted molar refractivity (Wildman–Crippen MR) is 106 cm³/mol. The van der Waals surface area contributed by atoms with Crippen molar-refractivity contribution in [3.05, 3.63) is 87.8 Å². The molecule has 7 nitrogen and oxygen atoms in total. The average Bonchev–Trinajstić information content (AvgIpc) is 2.74. The van der Waals surface area contributed by atoms with Crippen LogP contribution >= 0.6 is 0 Å². The van der Waals surface area contributed by atoms with Crippen LogP contribution in [0.1, 0.15) is 33.2 Å². The lowest BCUT2D eigenvalue weighted by atomic mass is 10.0.